The summed E-state index contributed by atoms with van der Waals surface area (Å²) >= 11 is 1.78. The molecule has 0 bridgehead atoms. The molecule has 0 atom stereocenters. The average molecular weight is 209 g/mol. The van der Waals surface area contributed by atoms with Crippen LogP contribution in [0, 0.1) is 0 Å². The average Bonchev–Trinajstić information content (AvgIpc) is 2.61. The Balaban J connectivity index is 2.05. The summed E-state index contributed by atoms with van der Waals surface area (Å²) in [4.78, 5) is 3.50. The Hall–Kier alpha value is -0.670. The number of fused-ring (bicyclic) bond motifs is 1. The van der Waals surface area contributed by atoms with Crippen LogP contribution < -0.4 is 4.74 Å². The van der Waals surface area contributed by atoms with E-state index in [1.54, 1.807) is 11.8 Å². The summed E-state index contributed by atoms with van der Waals surface area (Å²) in [7, 11) is 4.20. The largest absolute Gasteiger partial charge is 0.481 e. The van der Waals surface area contributed by atoms with E-state index in [-0.39, 0.29) is 0 Å². The number of hydrogen-bond donors (Lipinski definition) is 0. The molecule has 1 aliphatic heterocycles. The molecule has 2 rings (SSSR count). The minimum Gasteiger partial charge on any atom is -0.481 e. The van der Waals surface area contributed by atoms with Crippen molar-refractivity contribution in [3.8, 4) is 5.75 Å². The third-order valence-electron chi connectivity index (χ3n) is 2.28. The molecule has 0 fully saturated rings. The first kappa shape index (κ1) is 9.87. The lowest BCUT2D eigenvalue weighted by molar-refractivity contribution is 0.396. The van der Waals surface area contributed by atoms with Gasteiger partial charge in [0.2, 0.25) is 0 Å². The number of hydrogen-bond acceptors (Lipinski definition) is 3. The van der Waals surface area contributed by atoms with Gasteiger partial charge in [-0.1, -0.05) is 17.8 Å². The molecule has 1 aliphatic rings. The minimum atomic E-state index is 0.770. The molecule has 0 unspecified atom stereocenters. The van der Waals surface area contributed by atoms with Crippen LogP contribution in [-0.4, -0.2) is 31.5 Å². The molecule has 76 valence electrons. The van der Waals surface area contributed by atoms with E-state index in [1.165, 1.54) is 10.5 Å². The molecular weight excluding hydrogens is 194 g/mol. The van der Waals surface area contributed by atoms with E-state index in [1.807, 2.05) is 0 Å². The number of benzene rings is 1. The predicted molar refractivity (Wildman–Crippen MR) is 60.1 cm³/mol. The number of nitrogens with zero attached hydrogens (tertiary/aromatic N) is 1. The van der Waals surface area contributed by atoms with Gasteiger partial charge < -0.3 is 9.64 Å². The molecule has 0 aromatic heterocycles. The highest BCUT2D eigenvalue weighted by Gasteiger charge is 2.12. The summed E-state index contributed by atoms with van der Waals surface area (Å²) in [6.07, 6.45) is 1.11. The molecule has 0 amide bonds. The van der Waals surface area contributed by atoms with E-state index in [4.69, 9.17) is 4.74 Å². The summed E-state index contributed by atoms with van der Waals surface area (Å²) in [5, 5.41) is 0. The van der Waals surface area contributed by atoms with Crippen molar-refractivity contribution in [2.75, 3.05) is 26.6 Å². The molecule has 0 radical (unpaired) electrons. The second-order valence-corrected chi connectivity index (χ2v) is 4.71. The highest BCUT2D eigenvalue weighted by Crippen LogP contribution is 2.36. The minimum absolute atomic E-state index is 0.770. The Morgan fingerprint density at radius 1 is 1.43 bits per heavy atom. The van der Waals surface area contributed by atoms with Crippen LogP contribution in [0.2, 0.25) is 0 Å². The maximum Gasteiger partial charge on any atom is 0.138 e. The van der Waals surface area contributed by atoms with E-state index in [0.717, 1.165) is 24.7 Å². The summed E-state index contributed by atoms with van der Waals surface area (Å²) in [6.45, 7) is 1.10. The zero-order chi connectivity index (χ0) is 9.97. The van der Waals surface area contributed by atoms with Crippen molar-refractivity contribution in [1.29, 1.82) is 0 Å². The Morgan fingerprint density at radius 2 is 2.29 bits per heavy atom. The van der Waals surface area contributed by atoms with E-state index in [0.29, 0.717) is 0 Å². The predicted octanol–water partition coefficient (Wildman–Crippen LogP) is 2.23. The highest BCUT2D eigenvalue weighted by molar-refractivity contribution is 7.99. The molecular formula is C11H15NOS. The third kappa shape index (κ3) is 2.22. The van der Waals surface area contributed by atoms with Gasteiger partial charge >= 0.3 is 0 Å². The van der Waals surface area contributed by atoms with Gasteiger partial charge in [-0.3, -0.25) is 0 Å². The first-order valence-corrected chi connectivity index (χ1v) is 5.77. The zero-order valence-electron chi connectivity index (χ0n) is 8.62. The molecule has 0 spiro atoms. The van der Waals surface area contributed by atoms with Crippen molar-refractivity contribution < 1.29 is 4.74 Å². The second kappa shape index (κ2) is 4.24. The molecule has 1 heterocycles. The maximum absolute atomic E-state index is 5.43. The molecule has 2 nitrogen and oxygen atoms in total. The van der Waals surface area contributed by atoms with E-state index < -0.39 is 0 Å². The Labute approximate surface area is 89.2 Å². The van der Waals surface area contributed by atoms with Gasteiger partial charge in [0, 0.05) is 6.54 Å². The molecule has 1 aromatic rings. The lowest BCUT2D eigenvalue weighted by Gasteiger charge is -2.09. The van der Waals surface area contributed by atoms with E-state index in [2.05, 4.69) is 37.2 Å². The van der Waals surface area contributed by atoms with Crippen LogP contribution in [0.4, 0.5) is 0 Å². The molecule has 0 N–H and O–H groups in total. The summed E-state index contributed by atoms with van der Waals surface area (Å²) in [5.74, 6) is 1.82. The number of likely N-dealkylation sites (N-methyl/N-ethyl adjacent to an activating group) is 1. The lowest BCUT2D eigenvalue weighted by atomic mass is 10.1. The van der Waals surface area contributed by atoms with Crippen LogP contribution in [0.3, 0.4) is 0 Å². The molecule has 0 saturated heterocycles. The second-order valence-electron chi connectivity index (χ2n) is 3.74. The summed E-state index contributed by atoms with van der Waals surface area (Å²) in [5.41, 5.74) is 1.40. The van der Waals surface area contributed by atoms with Gasteiger partial charge in [0.15, 0.2) is 0 Å². The van der Waals surface area contributed by atoms with Crippen LogP contribution in [0.25, 0.3) is 0 Å². The van der Waals surface area contributed by atoms with Gasteiger partial charge in [-0.2, -0.15) is 0 Å². The Kier molecular flexibility index (Phi) is 2.99. The van der Waals surface area contributed by atoms with E-state index in [9.17, 15) is 0 Å². The first-order valence-electron chi connectivity index (χ1n) is 4.79. The van der Waals surface area contributed by atoms with Crippen molar-refractivity contribution >= 4 is 11.8 Å². The standard InChI is InChI=1S/C11H15NOS/c1-12(2)6-5-9-3-4-10-11(7-9)14-8-13-10/h3-4,7H,5-6,8H2,1-2H3. The van der Waals surface area contributed by atoms with Gasteiger partial charge in [-0.05, 0) is 38.2 Å². The SMILES string of the molecule is CN(C)CCc1ccc2c(c1)SCO2. The lowest BCUT2D eigenvalue weighted by Crippen LogP contribution is -2.14. The zero-order valence-corrected chi connectivity index (χ0v) is 9.43. The molecule has 0 saturated carbocycles. The van der Waals surface area contributed by atoms with Crippen molar-refractivity contribution in [2.45, 2.75) is 11.3 Å². The van der Waals surface area contributed by atoms with Gasteiger partial charge in [0.1, 0.15) is 11.7 Å². The van der Waals surface area contributed by atoms with Crippen LogP contribution in [0.1, 0.15) is 5.56 Å². The summed E-state index contributed by atoms with van der Waals surface area (Å²) in [6, 6.07) is 6.49. The highest BCUT2D eigenvalue weighted by atomic mass is 32.2. The fourth-order valence-corrected chi connectivity index (χ4v) is 2.27. The number of thioether (sulfide) groups is 1. The van der Waals surface area contributed by atoms with Crippen LogP contribution in [0.5, 0.6) is 5.75 Å². The van der Waals surface area contributed by atoms with Crippen LogP contribution >= 0.6 is 11.8 Å². The van der Waals surface area contributed by atoms with Crippen molar-refractivity contribution in [1.82, 2.24) is 4.90 Å². The van der Waals surface area contributed by atoms with Crippen molar-refractivity contribution in [3.05, 3.63) is 23.8 Å². The Morgan fingerprint density at radius 3 is 3.07 bits per heavy atom. The first-order chi connectivity index (χ1) is 6.75. The topological polar surface area (TPSA) is 12.5 Å². The number of ether oxygens (including phenoxy) is 1. The number of rotatable bonds is 3. The molecule has 1 aromatic carbocycles. The fraction of sp³-hybridized carbons (Fsp3) is 0.455. The maximum atomic E-state index is 5.43. The smallest absolute Gasteiger partial charge is 0.138 e. The Bertz CT molecular complexity index is 325. The quantitative estimate of drug-likeness (QED) is 0.757. The molecule has 3 heteroatoms. The monoisotopic (exact) mass is 209 g/mol. The van der Waals surface area contributed by atoms with Crippen LogP contribution in [-0.2, 0) is 6.42 Å². The van der Waals surface area contributed by atoms with E-state index >= 15 is 0 Å². The summed E-state index contributed by atoms with van der Waals surface area (Å²) < 4.78 is 5.43. The third-order valence-corrected chi connectivity index (χ3v) is 3.15. The molecule has 14 heavy (non-hydrogen) atoms. The normalized spacial score (nSPS) is 14.2. The van der Waals surface area contributed by atoms with Crippen molar-refractivity contribution in [2.24, 2.45) is 0 Å². The fourth-order valence-electron chi connectivity index (χ4n) is 1.45. The van der Waals surface area contributed by atoms with Gasteiger partial charge in [0.25, 0.3) is 0 Å². The van der Waals surface area contributed by atoms with Gasteiger partial charge in [-0.25, -0.2) is 0 Å². The van der Waals surface area contributed by atoms with Crippen LogP contribution in [0.15, 0.2) is 23.1 Å². The molecule has 0 aliphatic carbocycles. The van der Waals surface area contributed by atoms with Crippen molar-refractivity contribution in [3.63, 3.8) is 0 Å². The van der Waals surface area contributed by atoms with Gasteiger partial charge in [-0.15, -0.1) is 0 Å². The van der Waals surface area contributed by atoms with Gasteiger partial charge in [0.05, 0.1) is 4.90 Å².